The molecule has 0 spiro atoms. The van der Waals surface area contributed by atoms with Crippen LogP contribution in [0.2, 0.25) is 5.02 Å². The summed E-state index contributed by atoms with van der Waals surface area (Å²) >= 11 is 5.74. The van der Waals surface area contributed by atoms with Gasteiger partial charge in [-0.1, -0.05) is 11.6 Å². The van der Waals surface area contributed by atoms with Crippen LogP contribution >= 0.6 is 11.6 Å². The number of carbonyl (C=O) groups excluding carboxylic acids is 2. The van der Waals surface area contributed by atoms with E-state index in [1.807, 2.05) is 6.07 Å². The van der Waals surface area contributed by atoms with Crippen LogP contribution in [0, 0.1) is 11.3 Å². The maximum atomic E-state index is 12.0. The number of carbonyl (C=O) groups is 2. The summed E-state index contributed by atoms with van der Waals surface area (Å²) in [5.41, 5.74) is -0.456. The van der Waals surface area contributed by atoms with Crippen molar-refractivity contribution in [2.45, 2.75) is 26.4 Å². The third kappa shape index (κ3) is 7.68. The lowest BCUT2D eigenvalue weighted by Gasteiger charge is -2.19. The van der Waals surface area contributed by atoms with Gasteiger partial charge in [0.25, 0.3) is 5.91 Å². The molecule has 2 rings (SSSR count). The SMILES string of the molecule is CC(C)(C)OC(=O)COc1ccc(OCC(=O)Nc2ccc(Cl)cn2)c(C#N)c1. The number of anilines is 1. The van der Waals surface area contributed by atoms with Crippen LogP contribution in [0.1, 0.15) is 26.3 Å². The number of halogens is 1. The number of benzene rings is 1. The number of rotatable bonds is 7. The fourth-order valence-corrected chi connectivity index (χ4v) is 2.21. The summed E-state index contributed by atoms with van der Waals surface area (Å²) in [6.45, 7) is 4.65. The molecule has 0 fully saturated rings. The van der Waals surface area contributed by atoms with Crippen molar-refractivity contribution in [1.82, 2.24) is 4.98 Å². The van der Waals surface area contributed by atoms with Crippen molar-refractivity contribution in [3.8, 4) is 17.6 Å². The van der Waals surface area contributed by atoms with Crippen molar-refractivity contribution in [2.24, 2.45) is 0 Å². The molecule has 1 heterocycles. The summed E-state index contributed by atoms with van der Waals surface area (Å²) < 4.78 is 15.9. The molecule has 9 heteroatoms. The average molecular weight is 418 g/mol. The highest BCUT2D eigenvalue weighted by Gasteiger charge is 2.17. The van der Waals surface area contributed by atoms with Crippen molar-refractivity contribution in [3.05, 3.63) is 47.1 Å². The number of pyridine rings is 1. The Balaban J connectivity index is 1.91. The van der Waals surface area contributed by atoms with Crippen LogP contribution in [0.5, 0.6) is 11.5 Å². The van der Waals surface area contributed by atoms with Gasteiger partial charge in [0.2, 0.25) is 0 Å². The predicted molar refractivity (Wildman–Crippen MR) is 106 cm³/mol. The van der Waals surface area contributed by atoms with Crippen molar-refractivity contribution in [1.29, 1.82) is 5.26 Å². The van der Waals surface area contributed by atoms with Gasteiger partial charge in [-0.3, -0.25) is 4.79 Å². The second-order valence-electron chi connectivity index (χ2n) is 6.84. The van der Waals surface area contributed by atoms with E-state index in [2.05, 4.69) is 10.3 Å². The molecule has 0 unspecified atom stereocenters. The van der Waals surface area contributed by atoms with Crippen LogP contribution in [0.15, 0.2) is 36.5 Å². The van der Waals surface area contributed by atoms with Gasteiger partial charge >= 0.3 is 5.97 Å². The van der Waals surface area contributed by atoms with Crippen LogP contribution < -0.4 is 14.8 Å². The first-order valence-electron chi connectivity index (χ1n) is 8.59. The molecule has 29 heavy (non-hydrogen) atoms. The number of ether oxygens (including phenoxy) is 3. The quantitative estimate of drug-likeness (QED) is 0.687. The van der Waals surface area contributed by atoms with Gasteiger partial charge in [0.15, 0.2) is 13.2 Å². The lowest BCUT2D eigenvalue weighted by molar-refractivity contribution is -0.157. The van der Waals surface area contributed by atoms with E-state index in [1.54, 1.807) is 32.9 Å². The molecule has 8 nitrogen and oxygen atoms in total. The molecule has 1 amide bonds. The molecule has 1 N–H and O–H groups in total. The van der Waals surface area contributed by atoms with Gasteiger partial charge in [0, 0.05) is 12.3 Å². The van der Waals surface area contributed by atoms with E-state index in [0.717, 1.165) is 0 Å². The Morgan fingerprint density at radius 3 is 2.55 bits per heavy atom. The van der Waals surface area contributed by atoms with Crippen LogP contribution in [0.3, 0.4) is 0 Å². The zero-order valence-corrected chi connectivity index (χ0v) is 16.9. The van der Waals surface area contributed by atoms with E-state index in [1.165, 1.54) is 24.4 Å². The Morgan fingerprint density at radius 2 is 1.93 bits per heavy atom. The first-order chi connectivity index (χ1) is 13.7. The van der Waals surface area contributed by atoms with E-state index in [-0.39, 0.29) is 24.5 Å². The second kappa shape index (κ2) is 9.75. The van der Waals surface area contributed by atoms with E-state index < -0.39 is 17.5 Å². The van der Waals surface area contributed by atoms with Crippen LogP contribution in [-0.2, 0) is 14.3 Å². The largest absolute Gasteiger partial charge is 0.482 e. The second-order valence-corrected chi connectivity index (χ2v) is 7.28. The molecule has 0 aliphatic heterocycles. The number of amides is 1. The fraction of sp³-hybridized carbons (Fsp3) is 0.300. The van der Waals surface area contributed by atoms with Crippen LogP contribution in [0.25, 0.3) is 0 Å². The minimum absolute atomic E-state index is 0.157. The van der Waals surface area contributed by atoms with Crippen molar-refractivity contribution < 1.29 is 23.8 Å². The Labute approximate surface area is 173 Å². The number of hydrogen-bond acceptors (Lipinski definition) is 7. The summed E-state index contributed by atoms with van der Waals surface area (Å²) in [5.74, 6) is -0.141. The van der Waals surface area contributed by atoms with Gasteiger partial charge in [-0.15, -0.1) is 0 Å². The average Bonchev–Trinajstić information content (AvgIpc) is 2.65. The van der Waals surface area contributed by atoms with E-state index in [0.29, 0.717) is 16.6 Å². The molecular weight excluding hydrogens is 398 g/mol. The van der Waals surface area contributed by atoms with Gasteiger partial charge < -0.3 is 19.5 Å². The summed E-state index contributed by atoms with van der Waals surface area (Å²) in [4.78, 5) is 27.6. The fourth-order valence-electron chi connectivity index (χ4n) is 2.10. The topological polar surface area (TPSA) is 111 Å². The number of nitrogens with one attached hydrogen (secondary N) is 1. The van der Waals surface area contributed by atoms with Gasteiger partial charge in [-0.05, 0) is 45.0 Å². The highest BCUT2D eigenvalue weighted by atomic mass is 35.5. The Bertz CT molecular complexity index is 917. The van der Waals surface area contributed by atoms with E-state index in [9.17, 15) is 14.9 Å². The minimum Gasteiger partial charge on any atom is -0.482 e. The zero-order chi connectivity index (χ0) is 21.4. The first kappa shape index (κ1) is 22.0. The molecule has 0 radical (unpaired) electrons. The zero-order valence-electron chi connectivity index (χ0n) is 16.2. The minimum atomic E-state index is -0.613. The molecule has 1 aromatic heterocycles. The number of hydrogen-bond donors (Lipinski definition) is 1. The lowest BCUT2D eigenvalue weighted by Crippen LogP contribution is -2.27. The van der Waals surface area contributed by atoms with Gasteiger partial charge in [0.1, 0.15) is 29.0 Å². The standard InChI is InChI=1S/C20H20ClN3O5/c1-20(2,3)29-19(26)12-27-15-5-6-16(13(8-15)9-22)28-11-18(25)24-17-7-4-14(21)10-23-17/h4-8,10H,11-12H2,1-3H3,(H,23,24,25). The van der Waals surface area contributed by atoms with E-state index >= 15 is 0 Å². The van der Waals surface area contributed by atoms with Crippen molar-refractivity contribution >= 4 is 29.3 Å². The third-order valence-electron chi connectivity index (χ3n) is 3.20. The Kier molecular flexibility index (Phi) is 7.39. The Hall–Kier alpha value is -3.31. The number of nitrogens with zero attached hydrogens (tertiary/aromatic N) is 2. The molecule has 0 bridgehead atoms. The smallest absolute Gasteiger partial charge is 0.344 e. The lowest BCUT2D eigenvalue weighted by atomic mass is 10.2. The molecular formula is C20H20ClN3O5. The van der Waals surface area contributed by atoms with Crippen molar-refractivity contribution in [2.75, 3.05) is 18.5 Å². The molecule has 2 aromatic rings. The highest BCUT2D eigenvalue weighted by Crippen LogP contribution is 2.24. The summed E-state index contributed by atoms with van der Waals surface area (Å²) in [7, 11) is 0. The predicted octanol–water partition coefficient (Wildman–Crippen LogP) is 3.34. The molecule has 0 saturated heterocycles. The molecule has 152 valence electrons. The number of aromatic nitrogens is 1. The van der Waals surface area contributed by atoms with E-state index in [4.69, 9.17) is 25.8 Å². The third-order valence-corrected chi connectivity index (χ3v) is 3.43. The van der Waals surface area contributed by atoms with Crippen molar-refractivity contribution in [3.63, 3.8) is 0 Å². The maximum absolute atomic E-state index is 12.0. The summed E-state index contributed by atoms with van der Waals surface area (Å²) in [5, 5.41) is 12.3. The highest BCUT2D eigenvalue weighted by molar-refractivity contribution is 6.30. The molecule has 1 aromatic carbocycles. The Morgan fingerprint density at radius 1 is 1.17 bits per heavy atom. The van der Waals surface area contributed by atoms with Crippen LogP contribution in [-0.4, -0.2) is 35.7 Å². The van der Waals surface area contributed by atoms with Gasteiger partial charge in [-0.25, -0.2) is 9.78 Å². The summed E-state index contributed by atoms with van der Waals surface area (Å²) in [6, 6.07) is 9.53. The monoisotopic (exact) mass is 417 g/mol. The summed E-state index contributed by atoms with van der Waals surface area (Å²) in [6.07, 6.45) is 1.40. The number of nitriles is 1. The number of esters is 1. The molecule has 0 saturated carbocycles. The molecule has 0 aliphatic carbocycles. The first-order valence-corrected chi connectivity index (χ1v) is 8.97. The normalized spacial score (nSPS) is 10.6. The molecule has 0 atom stereocenters. The van der Waals surface area contributed by atoms with Gasteiger partial charge in [-0.2, -0.15) is 5.26 Å². The maximum Gasteiger partial charge on any atom is 0.344 e. The van der Waals surface area contributed by atoms with Crippen LogP contribution in [0.4, 0.5) is 5.82 Å². The molecule has 0 aliphatic rings. The van der Waals surface area contributed by atoms with Gasteiger partial charge in [0.05, 0.1) is 10.6 Å².